The van der Waals surface area contributed by atoms with E-state index in [9.17, 15) is 0 Å². The van der Waals surface area contributed by atoms with Crippen LogP contribution in [0.4, 0.5) is 0 Å². The number of alkyl halides is 1. The van der Waals surface area contributed by atoms with Crippen LogP contribution in [0.3, 0.4) is 0 Å². The predicted molar refractivity (Wildman–Crippen MR) is 86.5 cm³/mol. The molecule has 1 aromatic carbocycles. The Kier molecular flexibility index (Phi) is 4.71. The normalized spacial score (nSPS) is 13.6. The third kappa shape index (κ3) is 2.99. The van der Waals surface area contributed by atoms with Crippen molar-refractivity contribution in [2.45, 2.75) is 45.7 Å². The van der Waals surface area contributed by atoms with Crippen molar-refractivity contribution in [1.29, 1.82) is 0 Å². The Hall–Kier alpha value is -1.06. The van der Waals surface area contributed by atoms with Crippen LogP contribution < -0.4 is 0 Å². The van der Waals surface area contributed by atoms with E-state index in [2.05, 4.69) is 55.5 Å². The van der Waals surface area contributed by atoms with Gasteiger partial charge < -0.3 is 9.47 Å². The highest BCUT2D eigenvalue weighted by atomic mass is 35.5. The van der Waals surface area contributed by atoms with Crippen molar-refractivity contribution in [2.75, 3.05) is 13.6 Å². The number of hydrogen-bond acceptors (Lipinski definition) is 2. The Balaban J connectivity index is 2.41. The Bertz CT molecular complexity index is 587. The molecule has 20 heavy (non-hydrogen) atoms. The van der Waals surface area contributed by atoms with Crippen LogP contribution in [-0.4, -0.2) is 34.1 Å². The zero-order valence-electron chi connectivity index (χ0n) is 13.0. The van der Waals surface area contributed by atoms with Crippen LogP contribution in [0.2, 0.25) is 0 Å². The van der Waals surface area contributed by atoms with Gasteiger partial charge in [-0.2, -0.15) is 0 Å². The topological polar surface area (TPSA) is 21.1 Å². The molecule has 1 heterocycles. The molecule has 1 atom stereocenters. The lowest BCUT2D eigenvalue weighted by Gasteiger charge is -2.22. The number of likely N-dealkylation sites (N-methyl/N-ethyl adjacent to an activating group) is 1. The van der Waals surface area contributed by atoms with Crippen LogP contribution in [0.5, 0.6) is 0 Å². The van der Waals surface area contributed by atoms with Crippen molar-refractivity contribution >= 4 is 22.6 Å². The molecule has 3 nitrogen and oxygen atoms in total. The fourth-order valence-electron chi connectivity index (χ4n) is 2.43. The van der Waals surface area contributed by atoms with Gasteiger partial charge in [0.1, 0.15) is 5.82 Å². The lowest BCUT2D eigenvalue weighted by molar-refractivity contribution is 0.263. The molecule has 0 spiro atoms. The minimum atomic E-state index is -0.0776. The van der Waals surface area contributed by atoms with Gasteiger partial charge in [0.25, 0.3) is 0 Å². The summed E-state index contributed by atoms with van der Waals surface area (Å²) in [5.74, 6) is 0.966. The molecular formula is C16H24ClN3. The van der Waals surface area contributed by atoms with E-state index in [0.717, 1.165) is 24.4 Å². The van der Waals surface area contributed by atoms with Crippen molar-refractivity contribution in [2.24, 2.45) is 0 Å². The molecule has 0 aliphatic carbocycles. The standard InChI is InChI=1S/C16H24ClN3/c1-11(2)19(5)9-10-20-15-12(3)7-6-8-14(15)18-16(20)13(4)17/h6-8,11,13H,9-10H2,1-5H3. The summed E-state index contributed by atoms with van der Waals surface area (Å²) in [7, 11) is 2.15. The highest BCUT2D eigenvalue weighted by Gasteiger charge is 2.16. The van der Waals surface area contributed by atoms with E-state index in [4.69, 9.17) is 16.6 Å². The molecule has 1 unspecified atom stereocenters. The highest BCUT2D eigenvalue weighted by molar-refractivity contribution is 6.20. The first kappa shape index (κ1) is 15.3. The summed E-state index contributed by atoms with van der Waals surface area (Å²) in [6.07, 6.45) is 0. The molecule has 0 N–H and O–H groups in total. The lowest BCUT2D eigenvalue weighted by atomic mass is 10.2. The third-order valence-corrected chi connectivity index (χ3v) is 4.11. The fraction of sp³-hybridized carbons (Fsp3) is 0.562. The van der Waals surface area contributed by atoms with Crippen molar-refractivity contribution in [3.8, 4) is 0 Å². The summed E-state index contributed by atoms with van der Waals surface area (Å²) in [5.41, 5.74) is 3.51. The Morgan fingerprint density at radius 1 is 1.30 bits per heavy atom. The second kappa shape index (κ2) is 6.15. The largest absolute Gasteiger partial charge is 0.325 e. The van der Waals surface area contributed by atoms with Gasteiger partial charge in [0.05, 0.1) is 16.4 Å². The summed E-state index contributed by atoms with van der Waals surface area (Å²) in [6.45, 7) is 10.5. The van der Waals surface area contributed by atoms with Crippen LogP contribution in [0, 0.1) is 6.92 Å². The monoisotopic (exact) mass is 293 g/mol. The Morgan fingerprint density at radius 2 is 2.00 bits per heavy atom. The van der Waals surface area contributed by atoms with Gasteiger partial charge >= 0.3 is 0 Å². The van der Waals surface area contributed by atoms with Gasteiger partial charge in [-0.25, -0.2) is 4.98 Å². The van der Waals surface area contributed by atoms with Crippen LogP contribution >= 0.6 is 11.6 Å². The summed E-state index contributed by atoms with van der Waals surface area (Å²) >= 11 is 6.31. The smallest absolute Gasteiger partial charge is 0.127 e. The number of rotatable bonds is 5. The molecule has 0 radical (unpaired) electrons. The van der Waals surface area contributed by atoms with Crippen molar-refractivity contribution in [1.82, 2.24) is 14.5 Å². The number of para-hydroxylation sites is 1. The number of aromatic nitrogens is 2. The first-order chi connectivity index (χ1) is 9.41. The van der Waals surface area contributed by atoms with Gasteiger partial charge in [0, 0.05) is 19.1 Å². The first-order valence-corrected chi connectivity index (χ1v) is 7.65. The molecule has 110 valence electrons. The van der Waals surface area contributed by atoms with Crippen LogP contribution in [-0.2, 0) is 6.54 Å². The fourth-order valence-corrected chi connectivity index (χ4v) is 2.60. The molecule has 0 saturated heterocycles. The van der Waals surface area contributed by atoms with Gasteiger partial charge in [-0.15, -0.1) is 11.6 Å². The van der Waals surface area contributed by atoms with Crippen molar-refractivity contribution in [3.05, 3.63) is 29.6 Å². The zero-order valence-corrected chi connectivity index (χ0v) is 13.8. The summed E-state index contributed by atoms with van der Waals surface area (Å²) in [5, 5.41) is -0.0776. The minimum absolute atomic E-state index is 0.0776. The van der Waals surface area contributed by atoms with E-state index in [0.29, 0.717) is 6.04 Å². The quantitative estimate of drug-likeness (QED) is 0.777. The second-order valence-electron chi connectivity index (χ2n) is 5.75. The Morgan fingerprint density at radius 3 is 2.60 bits per heavy atom. The van der Waals surface area contributed by atoms with Gasteiger partial charge in [-0.05, 0) is 46.4 Å². The number of aryl methyl sites for hydroxylation is 1. The van der Waals surface area contributed by atoms with E-state index in [-0.39, 0.29) is 5.38 Å². The maximum atomic E-state index is 6.31. The molecule has 2 aromatic rings. The van der Waals surface area contributed by atoms with E-state index in [1.54, 1.807) is 0 Å². The summed E-state index contributed by atoms with van der Waals surface area (Å²) in [6, 6.07) is 6.80. The first-order valence-electron chi connectivity index (χ1n) is 7.22. The lowest BCUT2D eigenvalue weighted by Crippen LogP contribution is -2.30. The second-order valence-corrected chi connectivity index (χ2v) is 6.41. The number of benzene rings is 1. The number of nitrogens with zero attached hydrogens (tertiary/aromatic N) is 3. The molecule has 2 rings (SSSR count). The summed E-state index contributed by atoms with van der Waals surface area (Å²) in [4.78, 5) is 7.05. The molecule has 0 fully saturated rings. The molecule has 1 aromatic heterocycles. The maximum absolute atomic E-state index is 6.31. The number of halogens is 1. The molecule has 0 aliphatic rings. The average molecular weight is 294 g/mol. The Labute approximate surface area is 126 Å². The predicted octanol–water partition coefficient (Wildman–Crippen LogP) is 3.98. The van der Waals surface area contributed by atoms with Crippen LogP contribution in [0.15, 0.2) is 18.2 Å². The number of hydrogen-bond donors (Lipinski definition) is 0. The maximum Gasteiger partial charge on any atom is 0.127 e. The van der Waals surface area contributed by atoms with Crippen molar-refractivity contribution in [3.63, 3.8) is 0 Å². The van der Waals surface area contributed by atoms with Gasteiger partial charge in [-0.1, -0.05) is 12.1 Å². The minimum Gasteiger partial charge on any atom is -0.325 e. The zero-order chi connectivity index (χ0) is 14.9. The van der Waals surface area contributed by atoms with E-state index >= 15 is 0 Å². The third-order valence-electron chi connectivity index (χ3n) is 3.91. The van der Waals surface area contributed by atoms with Crippen molar-refractivity contribution < 1.29 is 0 Å². The van der Waals surface area contributed by atoms with Crippen LogP contribution in [0.1, 0.15) is 37.5 Å². The van der Waals surface area contributed by atoms with E-state index in [1.807, 2.05) is 6.92 Å². The van der Waals surface area contributed by atoms with Gasteiger partial charge in [0.2, 0.25) is 0 Å². The van der Waals surface area contributed by atoms with Gasteiger partial charge in [-0.3, -0.25) is 0 Å². The average Bonchev–Trinajstić information content (AvgIpc) is 2.76. The molecule has 0 bridgehead atoms. The summed E-state index contributed by atoms with van der Waals surface area (Å²) < 4.78 is 2.28. The van der Waals surface area contributed by atoms with Gasteiger partial charge in [0.15, 0.2) is 0 Å². The number of imidazole rings is 1. The molecule has 0 aliphatic heterocycles. The molecule has 0 saturated carbocycles. The van der Waals surface area contributed by atoms with Crippen LogP contribution in [0.25, 0.3) is 11.0 Å². The van der Waals surface area contributed by atoms with E-state index < -0.39 is 0 Å². The highest BCUT2D eigenvalue weighted by Crippen LogP contribution is 2.26. The molecular weight excluding hydrogens is 270 g/mol. The molecule has 4 heteroatoms. The molecule has 0 amide bonds. The van der Waals surface area contributed by atoms with E-state index in [1.165, 1.54) is 11.1 Å². The number of fused-ring (bicyclic) bond motifs is 1. The SMILES string of the molecule is Cc1cccc2nc(C(C)Cl)n(CCN(C)C(C)C)c12.